The van der Waals surface area contributed by atoms with E-state index >= 15 is 0 Å². The molecule has 1 aromatic carbocycles. The van der Waals surface area contributed by atoms with Crippen LogP contribution in [-0.4, -0.2) is 39.5 Å². The molecule has 0 aliphatic heterocycles. The predicted octanol–water partition coefficient (Wildman–Crippen LogP) is -0.381. The lowest BCUT2D eigenvalue weighted by Crippen LogP contribution is -2.43. The zero-order valence-corrected chi connectivity index (χ0v) is 11.9. The highest BCUT2D eigenvalue weighted by atomic mass is 19.1. The molecule has 0 fully saturated rings. The second-order valence-electron chi connectivity index (χ2n) is 4.81. The highest BCUT2D eigenvalue weighted by Crippen LogP contribution is 2.02. The molecule has 0 spiro atoms. The van der Waals surface area contributed by atoms with Crippen LogP contribution < -0.4 is 16.4 Å². The van der Waals surface area contributed by atoms with Gasteiger partial charge in [-0.25, -0.2) is 13.9 Å². The predicted molar refractivity (Wildman–Crippen MR) is 79.0 cm³/mol. The summed E-state index contributed by atoms with van der Waals surface area (Å²) in [7, 11) is 0. The number of benzene rings is 1. The van der Waals surface area contributed by atoms with E-state index in [2.05, 4.69) is 5.10 Å². The van der Waals surface area contributed by atoms with E-state index in [9.17, 15) is 23.6 Å². The van der Waals surface area contributed by atoms with Crippen molar-refractivity contribution in [1.29, 1.82) is 0 Å². The third kappa shape index (κ3) is 3.62. The van der Waals surface area contributed by atoms with Crippen molar-refractivity contribution in [3.05, 3.63) is 45.0 Å². The van der Waals surface area contributed by atoms with Gasteiger partial charge in [0.15, 0.2) is 6.04 Å². The van der Waals surface area contributed by atoms with Crippen LogP contribution in [0.25, 0.3) is 10.8 Å². The molecule has 0 radical (unpaired) electrons. The number of hydrogen-bond donors (Lipinski definition) is 3. The molecule has 0 aliphatic rings. The summed E-state index contributed by atoms with van der Waals surface area (Å²) in [4.78, 5) is 46.3. The topological polar surface area (TPSA) is 121 Å². The van der Waals surface area contributed by atoms with Gasteiger partial charge in [0, 0.05) is 6.42 Å². The second-order valence-corrected chi connectivity index (χ2v) is 4.81. The molecular weight excluding hydrogens is 309 g/mol. The molecule has 0 saturated carbocycles. The molecule has 2 rings (SSSR count). The fraction of sp³-hybridized carbons (Fsp3) is 0.286. The number of carbonyl (C=O) groups is 2. The number of halogens is 1. The van der Waals surface area contributed by atoms with E-state index in [-0.39, 0.29) is 23.7 Å². The average molecular weight is 323 g/mol. The normalized spacial score (nSPS) is 12.0. The number of aliphatic carboxylic acids is 1. The van der Waals surface area contributed by atoms with Gasteiger partial charge in [-0.3, -0.25) is 19.5 Å². The maximum atomic E-state index is 12.4. The Labute approximate surface area is 128 Å². The Morgan fingerprint density at radius 3 is 2.52 bits per heavy atom. The average Bonchev–Trinajstić information content (AvgIpc) is 2.54. The quantitative estimate of drug-likeness (QED) is 0.669. The molecule has 1 aromatic heterocycles. The Morgan fingerprint density at radius 2 is 1.91 bits per heavy atom. The lowest BCUT2D eigenvalue weighted by molar-refractivity contribution is -0.142. The molecule has 3 N–H and O–H groups in total. The van der Waals surface area contributed by atoms with Crippen molar-refractivity contribution >= 4 is 22.6 Å². The number of aryl methyl sites for hydroxylation is 1. The van der Waals surface area contributed by atoms with Crippen LogP contribution in [0.3, 0.4) is 0 Å². The standard InChI is InChI=1S/C14H14FN3O5/c15-7-10(14(22)23)16-11(19)5-6-18-13(21)9-4-2-1-3-8(9)12(20)17-18/h1-4,10H,5-7H2,(H,16,19)(H,17,20)(H,22,23). The lowest BCUT2D eigenvalue weighted by atomic mass is 10.2. The molecule has 122 valence electrons. The number of hydrogen-bond acceptors (Lipinski definition) is 4. The number of aromatic amines is 1. The number of aromatic nitrogens is 2. The van der Waals surface area contributed by atoms with Gasteiger partial charge in [-0.2, -0.15) is 0 Å². The Morgan fingerprint density at radius 1 is 1.26 bits per heavy atom. The van der Waals surface area contributed by atoms with Gasteiger partial charge in [-0.1, -0.05) is 12.1 Å². The summed E-state index contributed by atoms with van der Waals surface area (Å²) in [5.74, 6) is -2.23. The van der Waals surface area contributed by atoms with E-state index in [1.807, 2.05) is 5.32 Å². The molecule has 0 saturated heterocycles. The van der Waals surface area contributed by atoms with Crippen LogP contribution in [0.1, 0.15) is 6.42 Å². The Kier molecular flexibility index (Phi) is 4.89. The van der Waals surface area contributed by atoms with Crippen LogP contribution in [-0.2, 0) is 16.1 Å². The van der Waals surface area contributed by atoms with Crippen molar-refractivity contribution in [3.8, 4) is 0 Å². The number of nitrogens with one attached hydrogen (secondary N) is 2. The number of carboxylic acid groups (broad SMARTS) is 1. The van der Waals surface area contributed by atoms with Crippen molar-refractivity contribution < 1.29 is 19.1 Å². The smallest absolute Gasteiger partial charge is 0.328 e. The van der Waals surface area contributed by atoms with Crippen molar-refractivity contribution in [2.45, 2.75) is 19.0 Å². The molecule has 2 aromatic rings. The molecule has 23 heavy (non-hydrogen) atoms. The van der Waals surface area contributed by atoms with Crippen LogP contribution >= 0.6 is 0 Å². The zero-order chi connectivity index (χ0) is 17.0. The summed E-state index contributed by atoms with van der Waals surface area (Å²) in [5, 5.41) is 13.4. The van der Waals surface area contributed by atoms with Gasteiger partial charge in [0.2, 0.25) is 5.91 Å². The first kappa shape index (κ1) is 16.4. The monoisotopic (exact) mass is 323 g/mol. The largest absolute Gasteiger partial charge is 0.480 e. The Balaban J connectivity index is 2.15. The summed E-state index contributed by atoms with van der Waals surface area (Å²) >= 11 is 0. The number of H-pyrrole nitrogens is 1. The van der Waals surface area contributed by atoms with Crippen LogP contribution in [0.2, 0.25) is 0 Å². The minimum absolute atomic E-state index is 0.163. The highest BCUT2D eigenvalue weighted by molar-refractivity contribution is 5.83. The first-order chi connectivity index (χ1) is 10.9. The summed E-state index contributed by atoms with van der Waals surface area (Å²) < 4.78 is 13.4. The molecule has 1 atom stereocenters. The second kappa shape index (κ2) is 6.86. The van der Waals surface area contributed by atoms with Gasteiger partial charge in [0.25, 0.3) is 11.1 Å². The highest BCUT2D eigenvalue weighted by Gasteiger charge is 2.19. The van der Waals surface area contributed by atoms with Crippen LogP contribution in [0.15, 0.2) is 33.9 Å². The van der Waals surface area contributed by atoms with Crippen molar-refractivity contribution in [2.75, 3.05) is 6.67 Å². The minimum atomic E-state index is -1.63. The Hall–Kier alpha value is -2.97. The fourth-order valence-electron chi connectivity index (χ4n) is 2.05. The summed E-state index contributed by atoms with van der Waals surface area (Å²) in [6.45, 7) is -1.41. The number of nitrogens with zero attached hydrogens (tertiary/aromatic N) is 1. The lowest BCUT2D eigenvalue weighted by Gasteiger charge is -2.11. The van der Waals surface area contributed by atoms with E-state index < -0.39 is 35.7 Å². The summed E-state index contributed by atoms with van der Waals surface area (Å²) in [6.07, 6.45) is -0.280. The van der Waals surface area contributed by atoms with Gasteiger partial charge < -0.3 is 10.4 Å². The van der Waals surface area contributed by atoms with E-state index in [1.165, 1.54) is 12.1 Å². The fourth-order valence-corrected chi connectivity index (χ4v) is 2.05. The molecule has 0 aliphatic carbocycles. The summed E-state index contributed by atoms with van der Waals surface area (Å²) in [5.41, 5.74) is -0.957. The van der Waals surface area contributed by atoms with Crippen LogP contribution in [0, 0.1) is 0 Å². The zero-order valence-electron chi connectivity index (χ0n) is 11.9. The van der Waals surface area contributed by atoms with Gasteiger partial charge in [0.05, 0.1) is 17.3 Å². The minimum Gasteiger partial charge on any atom is -0.480 e. The van der Waals surface area contributed by atoms with Crippen LogP contribution in [0.5, 0.6) is 0 Å². The van der Waals surface area contributed by atoms with Crippen LogP contribution in [0.4, 0.5) is 4.39 Å². The van der Waals surface area contributed by atoms with E-state index in [0.29, 0.717) is 0 Å². The van der Waals surface area contributed by atoms with Crippen molar-refractivity contribution in [1.82, 2.24) is 15.1 Å². The maximum Gasteiger partial charge on any atom is 0.328 e. The molecule has 8 nitrogen and oxygen atoms in total. The number of carbonyl (C=O) groups excluding carboxylic acids is 1. The van der Waals surface area contributed by atoms with E-state index in [1.54, 1.807) is 12.1 Å². The van der Waals surface area contributed by atoms with E-state index in [4.69, 9.17) is 5.11 Å². The number of alkyl halides is 1. The Bertz CT molecular complexity index is 857. The van der Waals surface area contributed by atoms with Gasteiger partial charge in [-0.05, 0) is 12.1 Å². The molecule has 1 amide bonds. The number of fused-ring (bicyclic) bond motifs is 1. The van der Waals surface area contributed by atoms with Crippen molar-refractivity contribution in [3.63, 3.8) is 0 Å². The number of rotatable bonds is 6. The van der Waals surface area contributed by atoms with Gasteiger partial charge in [0.1, 0.15) is 6.67 Å². The summed E-state index contributed by atoms with van der Waals surface area (Å²) in [6, 6.07) is 4.60. The third-order valence-electron chi connectivity index (χ3n) is 3.23. The molecule has 1 unspecified atom stereocenters. The molecular formula is C14H14FN3O5. The SMILES string of the molecule is O=C(CCn1[nH]c(=O)c2ccccc2c1=O)NC(CF)C(=O)O. The number of carboxylic acids is 1. The molecule has 0 bridgehead atoms. The molecule has 9 heteroatoms. The maximum absolute atomic E-state index is 12.4. The van der Waals surface area contributed by atoms with E-state index in [0.717, 1.165) is 4.68 Å². The first-order valence-electron chi connectivity index (χ1n) is 6.74. The molecule has 1 heterocycles. The van der Waals surface area contributed by atoms with Crippen molar-refractivity contribution in [2.24, 2.45) is 0 Å². The van der Waals surface area contributed by atoms with Gasteiger partial charge in [-0.15, -0.1) is 0 Å². The number of amides is 1. The first-order valence-corrected chi connectivity index (χ1v) is 6.74. The van der Waals surface area contributed by atoms with Gasteiger partial charge >= 0.3 is 5.97 Å². The third-order valence-corrected chi connectivity index (χ3v) is 3.23.